The van der Waals surface area contributed by atoms with Gasteiger partial charge in [-0.2, -0.15) is 0 Å². The van der Waals surface area contributed by atoms with E-state index in [9.17, 15) is 14.7 Å². The lowest BCUT2D eigenvalue weighted by atomic mass is 9.79. The summed E-state index contributed by atoms with van der Waals surface area (Å²) in [5.74, 6) is -0.978. The number of carboxylic acid groups (broad SMARTS) is 1. The van der Waals surface area contributed by atoms with Gasteiger partial charge < -0.3 is 14.7 Å². The Bertz CT molecular complexity index is 306. The molecule has 0 aliphatic carbocycles. The molecule has 5 heteroatoms. The number of nitrogens with zero attached hydrogens (tertiary/aromatic N) is 1. The zero-order chi connectivity index (χ0) is 13.8. The smallest absolute Gasteiger partial charge is 0.310 e. The number of amides is 1. The first-order valence-corrected chi connectivity index (χ1v) is 6.53. The van der Waals surface area contributed by atoms with Crippen molar-refractivity contribution in [1.82, 2.24) is 4.90 Å². The van der Waals surface area contributed by atoms with Gasteiger partial charge in [-0.25, -0.2) is 0 Å². The van der Waals surface area contributed by atoms with Crippen LogP contribution in [0.25, 0.3) is 0 Å². The van der Waals surface area contributed by atoms with Gasteiger partial charge in [0.05, 0.1) is 18.1 Å². The largest absolute Gasteiger partial charge is 0.481 e. The van der Waals surface area contributed by atoms with Crippen molar-refractivity contribution in [2.24, 2.45) is 5.41 Å². The van der Waals surface area contributed by atoms with Crippen LogP contribution in [0.1, 0.15) is 39.5 Å². The lowest BCUT2D eigenvalue weighted by Gasteiger charge is -2.30. The van der Waals surface area contributed by atoms with Gasteiger partial charge in [-0.3, -0.25) is 9.59 Å². The second-order valence-corrected chi connectivity index (χ2v) is 4.99. The summed E-state index contributed by atoms with van der Waals surface area (Å²) in [5, 5.41) is 9.32. The summed E-state index contributed by atoms with van der Waals surface area (Å²) in [6.07, 6.45) is 1.85. The fourth-order valence-electron chi connectivity index (χ4n) is 2.32. The Morgan fingerprint density at radius 3 is 2.39 bits per heavy atom. The first kappa shape index (κ1) is 15.0. The molecule has 1 rings (SSSR count). The molecule has 1 N–H and O–H groups in total. The van der Waals surface area contributed by atoms with Gasteiger partial charge >= 0.3 is 5.97 Å². The molecular weight excluding hydrogens is 234 g/mol. The Labute approximate surface area is 108 Å². The van der Waals surface area contributed by atoms with E-state index in [-0.39, 0.29) is 18.4 Å². The Morgan fingerprint density at radius 2 is 2.00 bits per heavy atom. The minimum atomic E-state index is -0.926. The van der Waals surface area contributed by atoms with Gasteiger partial charge in [0.25, 0.3) is 0 Å². The van der Waals surface area contributed by atoms with E-state index >= 15 is 0 Å². The minimum absolute atomic E-state index is 0.0718. The molecule has 0 aromatic carbocycles. The number of rotatable bonds is 6. The number of hydrogen-bond donors (Lipinski definition) is 1. The highest BCUT2D eigenvalue weighted by molar-refractivity contribution is 5.85. The molecule has 0 spiro atoms. The van der Waals surface area contributed by atoms with E-state index in [1.807, 2.05) is 13.8 Å². The highest BCUT2D eigenvalue weighted by atomic mass is 16.5. The average Bonchev–Trinajstić information content (AvgIpc) is 2.88. The summed E-state index contributed by atoms with van der Waals surface area (Å²) in [6, 6.07) is 0.0951. The standard InChI is InChI=1S/C13H23NO4/c1-4-13(5-2,12(16)17)8-11(15)14(3)10-6-7-18-9-10/h10H,4-9H2,1-3H3,(H,16,17). The van der Waals surface area contributed by atoms with Crippen LogP contribution in [0.2, 0.25) is 0 Å². The SMILES string of the molecule is CCC(CC)(CC(=O)N(C)C1CCOC1)C(=O)O. The molecule has 1 amide bonds. The third-order valence-electron chi connectivity index (χ3n) is 4.14. The molecule has 1 aliphatic rings. The van der Waals surface area contributed by atoms with Crippen LogP contribution in [0, 0.1) is 5.41 Å². The van der Waals surface area contributed by atoms with E-state index in [1.165, 1.54) is 0 Å². The molecule has 0 saturated carbocycles. The van der Waals surface area contributed by atoms with Crippen LogP contribution in [-0.2, 0) is 14.3 Å². The molecule has 0 bridgehead atoms. The van der Waals surface area contributed by atoms with Gasteiger partial charge in [0.1, 0.15) is 0 Å². The second-order valence-electron chi connectivity index (χ2n) is 4.99. The molecule has 0 radical (unpaired) electrons. The molecule has 0 aromatic heterocycles. The molecular formula is C13H23NO4. The van der Waals surface area contributed by atoms with E-state index in [2.05, 4.69) is 0 Å². The molecule has 5 nitrogen and oxygen atoms in total. The fraction of sp³-hybridized carbons (Fsp3) is 0.846. The Kier molecular flexibility index (Phi) is 5.14. The van der Waals surface area contributed by atoms with Crippen LogP contribution in [0.3, 0.4) is 0 Å². The summed E-state index contributed by atoms with van der Waals surface area (Å²) >= 11 is 0. The van der Waals surface area contributed by atoms with Crippen molar-refractivity contribution in [3.63, 3.8) is 0 Å². The highest BCUT2D eigenvalue weighted by Crippen LogP contribution is 2.32. The number of hydrogen-bond acceptors (Lipinski definition) is 3. The van der Waals surface area contributed by atoms with Crippen molar-refractivity contribution in [2.45, 2.75) is 45.6 Å². The molecule has 1 atom stereocenters. The first-order chi connectivity index (χ1) is 8.46. The molecule has 18 heavy (non-hydrogen) atoms. The van der Waals surface area contributed by atoms with Gasteiger partial charge in [-0.15, -0.1) is 0 Å². The number of carbonyl (C=O) groups is 2. The average molecular weight is 257 g/mol. The predicted octanol–water partition coefficient (Wildman–Crippen LogP) is 1.51. The molecule has 1 fully saturated rings. The molecule has 104 valence electrons. The topological polar surface area (TPSA) is 66.8 Å². The maximum absolute atomic E-state index is 12.2. The van der Waals surface area contributed by atoms with Crippen molar-refractivity contribution in [3.05, 3.63) is 0 Å². The van der Waals surface area contributed by atoms with Crippen LogP contribution >= 0.6 is 0 Å². The Morgan fingerprint density at radius 1 is 1.39 bits per heavy atom. The maximum Gasteiger partial charge on any atom is 0.310 e. The van der Waals surface area contributed by atoms with E-state index in [0.717, 1.165) is 6.42 Å². The van der Waals surface area contributed by atoms with E-state index in [1.54, 1.807) is 11.9 Å². The van der Waals surface area contributed by atoms with Gasteiger partial charge in [-0.05, 0) is 19.3 Å². The van der Waals surface area contributed by atoms with Gasteiger partial charge in [0.2, 0.25) is 5.91 Å². The van der Waals surface area contributed by atoms with Crippen LogP contribution in [0.4, 0.5) is 0 Å². The number of likely N-dealkylation sites (N-methyl/N-ethyl adjacent to an activating group) is 1. The fourth-order valence-corrected chi connectivity index (χ4v) is 2.32. The van der Waals surface area contributed by atoms with Crippen LogP contribution in [-0.4, -0.2) is 48.2 Å². The third kappa shape index (κ3) is 3.02. The zero-order valence-corrected chi connectivity index (χ0v) is 11.4. The van der Waals surface area contributed by atoms with Crippen molar-refractivity contribution in [1.29, 1.82) is 0 Å². The van der Waals surface area contributed by atoms with Crippen LogP contribution in [0.15, 0.2) is 0 Å². The van der Waals surface area contributed by atoms with Crippen molar-refractivity contribution >= 4 is 11.9 Å². The lowest BCUT2D eigenvalue weighted by Crippen LogP contribution is -2.42. The van der Waals surface area contributed by atoms with E-state index in [0.29, 0.717) is 26.1 Å². The number of ether oxygens (including phenoxy) is 1. The summed E-state index contributed by atoms with van der Waals surface area (Å²) < 4.78 is 5.25. The summed E-state index contributed by atoms with van der Waals surface area (Å²) in [6.45, 7) is 4.88. The minimum Gasteiger partial charge on any atom is -0.481 e. The predicted molar refractivity (Wildman–Crippen MR) is 67.3 cm³/mol. The first-order valence-electron chi connectivity index (χ1n) is 6.53. The molecule has 1 unspecified atom stereocenters. The van der Waals surface area contributed by atoms with E-state index in [4.69, 9.17) is 4.74 Å². The lowest BCUT2D eigenvalue weighted by molar-refractivity contribution is -0.154. The van der Waals surface area contributed by atoms with Crippen LogP contribution in [0.5, 0.6) is 0 Å². The van der Waals surface area contributed by atoms with Crippen LogP contribution < -0.4 is 0 Å². The Balaban J connectivity index is 2.68. The van der Waals surface area contributed by atoms with Gasteiger partial charge in [-0.1, -0.05) is 13.8 Å². The molecule has 1 saturated heterocycles. The zero-order valence-electron chi connectivity index (χ0n) is 11.4. The molecule has 1 heterocycles. The summed E-state index contributed by atoms with van der Waals surface area (Å²) in [5.41, 5.74) is -0.926. The quantitative estimate of drug-likeness (QED) is 0.783. The van der Waals surface area contributed by atoms with Crippen molar-refractivity contribution < 1.29 is 19.4 Å². The number of carbonyl (C=O) groups excluding carboxylic acids is 1. The maximum atomic E-state index is 12.2. The number of aliphatic carboxylic acids is 1. The third-order valence-corrected chi connectivity index (χ3v) is 4.14. The monoisotopic (exact) mass is 257 g/mol. The second kappa shape index (κ2) is 6.18. The van der Waals surface area contributed by atoms with E-state index < -0.39 is 11.4 Å². The highest BCUT2D eigenvalue weighted by Gasteiger charge is 2.39. The van der Waals surface area contributed by atoms with Gasteiger partial charge in [0, 0.05) is 20.1 Å². The molecule has 1 aliphatic heterocycles. The number of carboxylic acids is 1. The van der Waals surface area contributed by atoms with Crippen molar-refractivity contribution in [3.8, 4) is 0 Å². The van der Waals surface area contributed by atoms with Crippen molar-refractivity contribution in [2.75, 3.05) is 20.3 Å². The Hall–Kier alpha value is -1.10. The normalized spacial score (nSPS) is 19.8. The molecule has 0 aromatic rings. The summed E-state index contributed by atoms with van der Waals surface area (Å²) in [7, 11) is 1.74. The summed E-state index contributed by atoms with van der Waals surface area (Å²) in [4.78, 5) is 25.2. The van der Waals surface area contributed by atoms with Gasteiger partial charge in [0.15, 0.2) is 0 Å².